The van der Waals surface area contributed by atoms with Gasteiger partial charge in [-0.2, -0.15) is 4.98 Å². The van der Waals surface area contributed by atoms with Crippen LogP contribution >= 0.6 is 0 Å². The summed E-state index contributed by atoms with van der Waals surface area (Å²) in [6.45, 7) is 19.3. The number of aliphatic imine (C=N–C) groups is 1. The third kappa shape index (κ3) is 5.13. The monoisotopic (exact) mass is 733 g/mol. The molecule has 41 heavy (non-hydrogen) atoms. The quantitative estimate of drug-likeness (QED) is 0.244. The summed E-state index contributed by atoms with van der Waals surface area (Å²) in [6, 6.07) is 2.03. The van der Waals surface area contributed by atoms with Gasteiger partial charge < -0.3 is 4.57 Å². The van der Waals surface area contributed by atoms with E-state index in [1.165, 1.54) is 38.9 Å². The van der Waals surface area contributed by atoms with Crippen LogP contribution in [0.25, 0.3) is 34.1 Å². The molecule has 0 spiro atoms. The molecule has 0 aliphatic carbocycles. The Morgan fingerprint density at radius 3 is 1.76 bits per heavy atom. The van der Waals surface area contributed by atoms with Crippen molar-refractivity contribution in [2.75, 3.05) is 0 Å². The molecular formula is C32H42N8Pt. The Balaban J connectivity index is 0.00000387. The molecule has 0 saturated heterocycles. The number of allylic oxidation sites excluding steroid dienone is 1. The van der Waals surface area contributed by atoms with E-state index in [4.69, 9.17) is 19.9 Å². The first-order chi connectivity index (χ1) is 19.5. The van der Waals surface area contributed by atoms with Crippen LogP contribution in [0.1, 0.15) is 108 Å². The van der Waals surface area contributed by atoms with Crippen molar-refractivity contribution < 1.29 is 21.1 Å². The Kier molecular flexibility index (Phi) is 9.73. The third-order valence-corrected chi connectivity index (χ3v) is 8.21. The van der Waals surface area contributed by atoms with Crippen molar-refractivity contribution in [3.63, 3.8) is 0 Å². The van der Waals surface area contributed by atoms with Crippen molar-refractivity contribution in [2.45, 2.75) is 107 Å². The minimum absolute atomic E-state index is 0. The predicted octanol–water partition coefficient (Wildman–Crippen LogP) is 7.21. The molecule has 0 radical (unpaired) electrons. The van der Waals surface area contributed by atoms with E-state index in [2.05, 4.69) is 76.2 Å². The van der Waals surface area contributed by atoms with Gasteiger partial charge >= 0.3 is 0 Å². The molecule has 9 heteroatoms. The standard InChI is InChI=1S/C32H42N8.Pt/c1-9-19-17-20-18-26-37-38-32(39(26)15-7)36-31-34-25(14-6)28(35-31)24(13-5)30-22(11-3)21(10-2)29(40(30)16-8)23(12-4)27(19)33-20;/h17-18H,9-16H2,1-8H3;. The van der Waals surface area contributed by atoms with E-state index >= 15 is 0 Å². The molecule has 3 aromatic rings. The summed E-state index contributed by atoms with van der Waals surface area (Å²) >= 11 is 0. The first kappa shape index (κ1) is 31.0. The smallest absolute Gasteiger partial charge is 0.254 e. The number of aromatic nitrogens is 7. The molecule has 2 aliphatic heterocycles. The number of aryl methyl sites for hydroxylation is 6. The van der Waals surface area contributed by atoms with Crippen LogP contribution in [0, 0.1) is 0 Å². The molecule has 5 rings (SSSR count). The van der Waals surface area contributed by atoms with Gasteiger partial charge in [0.15, 0.2) is 5.65 Å². The largest absolute Gasteiger partial charge is 0.341 e. The minimum Gasteiger partial charge on any atom is -0.341 e. The Hall–Kier alpha value is -2.99. The maximum atomic E-state index is 5.24. The molecule has 8 nitrogen and oxygen atoms in total. The minimum atomic E-state index is 0. The molecule has 0 atom stereocenters. The molecular weight excluding hydrogens is 691 g/mol. The zero-order chi connectivity index (χ0) is 28.6. The van der Waals surface area contributed by atoms with Gasteiger partial charge in [-0.1, -0.05) is 41.5 Å². The molecule has 8 bridgehead atoms. The van der Waals surface area contributed by atoms with Crippen LogP contribution in [-0.2, 0) is 59.8 Å². The number of hydrogen-bond acceptors (Lipinski definition) is 6. The van der Waals surface area contributed by atoms with Crippen molar-refractivity contribution in [2.24, 2.45) is 4.99 Å². The number of fused-ring (bicyclic) bond motifs is 8. The van der Waals surface area contributed by atoms with Gasteiger partial charge in [0, 0.05) is 51.3 Å². The molecule has 3 aromatic heterocycles. The predicted molar refractivity (Wildman–Crippen MR) is 165 cm³/mol. The molecule has 2 aliphatic rings. The summed E-state index contributed by atoms with van der Waals surface area (Å²) in [5.74, 6) is 0.966. The molecule has 0 saturated carbocycles. The maximum Gasteiger partial charge on any atom is 0.254 e. The fourth-order valence-electron chi connectivity index (χ4n) is 6.39. The van der Waals surface area contributed by atoms with E-state index in [1.807, 2.05) is 10.6 Å². The summed E-state index contributed by atoms with van der Waals surface area (Å²) in [5.41, 5.74) is 14.0. The van der Waals surface area contributed by atoms with Gasteiger partial charge in [0.25, 0.3) is 11.7 Å². The normalized spacial score (nSPS) is 12.8. The van der Waals surface area contributed by atoms with E-state index in [0.717, 1.165) is 73.5 Å². The van der Waals surface area contributed by atoms with Crippen molar-refractivity contribution >= 4 is 45.8 Å². The van der Waals surface area contributed by atoms with Gasteiger partial charge in [-0.25, -0.2) is 15.0 Å². The maximum absolute atomic E-state index is 5.24. The average Bonchev–Trinajstić information content (AvgIpc) is 3.73. The Morgan fingerprint density at radius 1 is 0.610 bits per heavy atom. The van der Waals surface area contributed by atoms with Crippen LogP contribution in [0.3, 0.4) is 0 Å². The second-order valence-corrected chi connectivity index (χ2v) is 10.2. The van der Waals surface area contributed by atoms with Crippen molar-refractivity contribution in [1.82, 2.24) is 34.3 Å². The summed E-state index contributed by atoms with van der Waals surface area (Å²) in [6.07, 6.45) is 7.60. The van der Waals surface area contributed by atoms with Crippen LogP contribution in [-0.4, -0.2) is 40.0 Å². The summed E-state index contributed by atoms with van der Waals surface area (Å²) < 4.78 is 4.54. The van der Waals surface area contributed by atoms with Crippen molar-refractivity contribution in [3.8, 4) is 0 Å². The Bertz CT molecular complexity index is 1570. The molecule has 0 N–H and O–H groups in total. The van der Waals surface area contributed by atoms with E-state index in [9.17, 15) is 0 Å². The summed E-state index contributed by atoms with van der Waals surface area (Å²) in [5, 5.41) is 8.90. The number of hydrogen-bond donors (Lipinski definition) is 0. The molecule has 0 unspecified atom stereocenters. The molecule has 220 valence electrons. The van der Waals surface area contributed by atoms with Gasteiger partial charge in [-0.3, -0.25) is 4.57 Å². The van der Waals surface area contributed by atoms with Gasteiger partial charge in [0.05, 0.1) is 33.8 Å². The van der Waals surface area contributed by atoms with Gasteiger partial charge in [0.1, 0.15) is 0 Å². The average molecular weight is 734 g/mol. The van der Waals surface area contributed by atoms with E-state index in [1.54, 1.807) is 0 Å². The third-order valence-electron chi connectivity index (χ3n) is 8.21. The fraction of sp³-hybridized carbons (Fsp3) is 0.500. The summed E-state index contributed by atoms with van der Waals surface area (Å²) in [7, 11) is 0. The SMILES string of the molecule is CCC1=Cc2cc3nnc(nc4nc(c(CC)c5c(CC)c(CC)c(c(CC)c1n2)n5CC)C(CC)=N4)n3CC.[Pt]. The first-order valence-corrected chi connectivity index (χ1v) is 15.1. The molecule has 0 amide bonds. The Morgan fingerprint density at radius 2 is 1.22 bits per heavy atom. The van der Waals surface area contributed by atoms with Crippen LogP contribution in [0.4, 0.5) is 5.95 Å². The molecule has 0 fully saturated rings. The Labute approximate surface area is 257 Å². The first-order valence-electron chi connectivity index (χ1n) is 15.1. The number of nitrogens with zero attached hydrogens (tertiary/aromatic N) is 8. The van der Waals surface area contributed by atoms with Crippen molar-refractivity contribution in [1.29, 1.82) is 0 Å². The summed E-state index contributed by atoms with van der Waals surface area (Å²) in [4.78, 5) is 20.0. The molecule has 5 heterocycles. The fourth-order valence-corrected chi connectivity index (χ4v) is 6.39. The van der Waals surface area contributed by atoms with Gasteiger partial charge in [-0.15, -0.1) is 10.2 Å². The second kappa shape index (κ2) is 12.9. The van der Waals surface area contributed by atoms with E-state index < -0.39 is 0 Å². The van der Waals surface area contributed by atoms with E-state index in [-0.39, 0.29) is 21.1 Å². The van der Waals surface area contributed by atoms with Gasteiger partial charge in [0.2, 0.25) is 0 Å². The van der Waals surface area contributed by atoms with Crippen LogP contribution in [0.15, 0.2) is 11.1 Å². The second-order valence-electron chi connectivity index (χ2n) is 10.2. The van der Waals surface area contributed by atoms with E-state index in [0.29, 0.717) is 18.3 Å². The topological polar surface area (TPSA) is 86.7 Å². The van der Waals surface area contributed by atoms with Crippen LogP contribution in [0.2, 0.25) is 0 Å². The van der Waals surface area contributed by atoms with Crippen molar-refractivity contribution in [3.05, 3.63) is 45.4 Å². The zero-order valence-corrected chi connectivity index (χ0v) is 28.0. The van der Waals surface area contributed by atoms with Crippen LogP contribution < -0.4 is 0 Å². The molecule has 0 aromatic carbocycles. The zero-order valence-electron chi connectivity index (χ0n) is 25.7. The number of rotatable bonds is 8. The van der Waals surface area contributed by atoms with Crippen LogP contribution in [0.5, 0.6) is 0 Å². The van der Waals surface area contributed by atoms with Gasteiger partial charge in [-0.05, 0) is 75.1 Å².